The highest BCUT2D eigenvalue weighted by molar-refractivity contribution is 5.20. The monoisotopic (exact) mass is 324 g/mol. The van der Waals surface area contributed by atoms with Crippen LogP contribution < -0.4 is 5.32 Å². The number of halogens is 1. The van der Waals surface area contributed by atoms with Crippen LogP contribution in [0.5, 0.6) is 0 Å². The Labute approximate surface area is 143 Å². The van der Waals surface area contributed by atoms with Gasteiger partial charge in [-0.2, -0.15) is 0 Å². The van der Waals surface area contributed by atoms with Crippen molar-refractivity contribution in [1.82, 2.24) is 10.2 Å². The summed E-state index contributed by atoms with van der Waals surface area (Å²) in [5.74, 6) is 0.650. The average Bonchev–Trinajstić information content (AvgIpc) is 2.64. The molecule has 2 nitrogen and oxygen atoms in total. The lowest BCUT2D eigenvalue weighted by atomic mass is 9.76. The van der Waals surface area contributed by atoms with E-state index in [0.29, 0.717) is 12.1 Å². The van der Waals surface area contributed by atoms with Crippen molar-refractivity contribution < 1.29 is 4.39 Å². The van der Waals surface area contributed by atoms with Crippen molar-refractivity contribution in [3.05, 3.63) is 71.5 Å². The number of fused-ring (bicyclic) bond motifs is 3. The van der Waals surface area contributed by atoms with E-state index in [0.717, 1.165) is 37.5 Å². The molecule has 0 amide bonds. The van der Waals surface area contributed by atoms with Gasteiger partial charge in [-0.3, -0.25) is 4.90 Å². The molecule has 0 aliphatic carbocycles. The molecule has 2 aromatic carbocycles. The highest BCUT2D eigenvalue weighted by Gasteiger charge is 2.41. The second kappa shape index (κ2) is 7.04. The molecule has 0 spiro atoms. The van der Waals surface area contributed by atoms with Gasteiger partial charge in [-0.1, -0.05) is 48.5 Å². The van der Waals surface area contributed by atoms with Crippen molar-refractivity contribution >= 4 is 0 Å². The van der Waals surface area contributed by atoms with Crippen LogP contribution in [0.3, 0.4) is 0 Å². The molecule has 0 radical (unpaired) electrons. The third-order valence-corrected chi connectivity index (χ3v) is 5.74. The molecule has 3 aliphatic heterocycles. The zero-order valence-corrected chi connectivity index (χ0v) is 14.0. The van der Waals surface area contributed by atoms with Gasteiger partial charge < -0.3 is 5.32 Å². The molecule has 3 heterocycles. The van der Waals surface area contributed by atoms with E-state index >= 15 is 0 Å². The molecule has 1 N–H and O–H groups in total. The molecule has 2 bridgehead atoms. The molecule has 2 aromatic rings. The van der Waals surface area contributed by atoms with E-state index in [1.807, 2.05) is 12.1 Å². The second-order valence-electron chi connectivity index (χ2n) is 7.13. The third-order valence-electron chi connectivity index (χ3n) is 5.74. The van der Waals surface area contributed by atoms with Crippen LogP contribution in [0.25, 0.3) is 0 Å². The molecule has 3 fully saturated rings. The maximum atomic E-state index is 14.1. The first-order valence-corrected chi connectivity index (χ1v) is 9.06. The topological polar surface area (TPSA) is 15.3 Å². The lowest BCUT2D eigenvalue weighted by Gasteiger charge is -2.51. The smallest absolute Gasteiger partial charge is 0.126 e. The third kappa shape index (κ3) is 3.24. The number of hydrogen-bond acceptors (Lipinski definition) is 2. The summed E-state index contributed by atoms with van der Waals surface area (Å²) in [7, 11) is 0. The van der Waals surface area contributed by atoms with Gasteiger partial charge in [-0.15, -0.1) is 0 Å². The van der Waals surface area contributed by atoms with Gasteiger partial charge in [0.25, 0.3) is 0 Å². The van der Waals surface area contributed by atoms with Gasteiger partial charge in [-0.25, -0.2) is 4.39 Å². The summed E-state index contributed by atoms with van der Waals surface area (Å²) in [6.07, 6.45) is 3.33. The molecule has 24 heavy (non-hydrogen) atoms. The van der Waals surface area contributed by atoms with E-state index < -0.39 is 0 Å². The van der Waals surface area contributed by atoms with Crippen LogP contribution in [0.2, 0.25) is 0 Å². The molecule has 0 unspecified atom stereocenters. The van der Waals surface area contributed by atoms with E-state index in [-0.39, 0.29) is 5.82 Å². The van der Waals surface area contributed by atoms with Gasteiger partial charge in [0.05, 0.1) is 0 Å². The minimum atomic E-state index is -0.0676. The van der Waals surface area contributed by atoms with Gasteiger partial charge in [0.1, 0.15) is 5.82 Å². The molecule has 0 aromatic heterocycles. The Morgan fingerprint density at radius 2 is 1.67 bits per heavy atom. The SMILES string of the molecule is Fc1ccccc1C[C@@H]1[C@H](NCc2ccccc2)C2CCN1CC2. The van der Waals surface area contributed by atoms with Crippen LogP contribution in [0.1, 0.15) is 24.0 Å². The van der Waals surface area contributed by atoms with E-state index in [4.69, 9.17) is 0 Å². The summed E-state index contributed by atoms with van der Waals surface area (Å²) in [4.78, 5) is 2.56. The van der Waals surface area contributed by atoms with Gasteiger partial charge in [0.15, 0.2) is 0 Å². The molecule has 3 heteroatoms. The predicted octanol–water partition coefficient (Wildman–Crippen LogP) is 3.62. The lowest BCUT2D eigenvalue weighted by molar-refractivity contribution is 0.0123. The van der Waals surface area contributed by atoms with Crippen LogP contribution in [-0.2, 0) is 13.0 Å². The van der Waals surface area contributed by atoms with Crippen LogP contribution in [0.15, 0.2) is 54.6 Å². The zero-order chi connectivity index (χ0) is 16.4. The van der Waals surface area contributed by atoms with E-state index in [9.17, 15) is 4.39 Å². The summed E-state index contributed by atoms with van der Waals surface area (Å²) in [5, 5.41) is 3.80. The minimum Gasteiger partial charge on any atom is -0.308 e. The van der Waals surface area contributed by atoms with Gasteiger partial charge in [-0.05, 0) is 55.5 Å². The first-order chi connectivity index (χ1) is 11.8. The normalized spacial score (nSPS) is 28.9. The predicted molar refractivity (Wildman–Crippen MR) is 95.3 cm³/mol. The molecule has 0 saturated carbocycles. The highest BCUT2D eigenvalue weighted by atomic mass is 19.1. The Bertz CT molecular complexity index is 665. The summed E-state index contributed by atoms with van der Waals surface area (Å²) < 4.78 is 14.1. The lowest BCUT2D eigenvalue weighted by Crippen LogP contribution is -2.63. The van der Waals surface area contributed by atoms with Crippen LogP contribution >= 0.6 is 0 Å². The quantitative estimate of drug-likeness (QED) is 0.904. The van der Waals surface area contributed by atoms with E-state index in [1.165, 1.54) is 18.4 Å². The molecule has 126 valence electrons. The number of hydrogen-bond donors (Lipinski definition) is 1. The second-order valence-corrected chi connectivity index (χ2v) is 7.13. The van der Waals surface area contributed by atoms with Crippen LogP contribution in [-0.4, -0.2) is 30.1 Å². The van der Waals surface area contributed by atoms with Gasteiger partial charge >= 0.3 is 0 Å². The number of nitrogens with zero attached hydrogens (tertiary/aromatic N) is 1. The number of nitrogens with one attached hydrogen (secondary N) is 1. The highest BCUT2D eigenvalue weighted by Crippen LogP contribution is 2.34. The first-order valence-electron chi connectivity index (χ1n) is 9.06. The van der Waals surface area contributed by atoms with Gasteiger partial charge in [0.2, 0.25) is 0 Å². The molecular formula is C21H25FN2. The van der Waals surface area contributed by atoms with Crippen molar-refractivity contribution in [2.75, 3.05) is 13.1 Å². The Kier molecular flexibility index (Phi) is 4.63. The molecule has 3 saturated heterocycles. The largest absolute Gasteiger partial charge is 0.308 e. The standard InChI is InChI=1S/C21H25FN2/c22-19-9-5-4-8-18(19)14-20-21(17-10-12-24(20)13-11-17)23-15-16-6-2-1-3-7-16/h1-9,17,20-21,23H,10-15H2/t20-,21-/m1/s1. The van der Waals surface area contributed by atoms with Crippen molar-refractivity contribution in [2.24, 2.45) is 5.92 Å². The number of piperidine rings is 3. The van der Waals surface area contributed by atoms with Crippen molar-refractivity contribution in [3.63, 3.8) is 0 Å². The van der Waals surface area contributed by atoms with Crippen molar-refractivity contribution in [2.45, 2.75) is 37.9 Å². The van der Waals surface area contributed by atoms with Crippen LogP contribution in [0, 0.1) is 11.7 Å². The summed E-state index contributed by atoms with van der Waals surface area (Å²) >= 11 is 0. The maximum Gasteiger partial charge on any atom is 0.126 e. The van der Waals surface area contributed by atoms with E-state index in [1.54, 1.807) is 12.1 Å². The van der Waals surface area contributed by atoms with Crippen LogP contribution in [0.4, 0.5) is 4.39 Å². The minimum absolute atomic E-state index is 0.0676. The maximum absolute atomic E-state index is 14.1. The summed E-state index contributed by atoms with van der Waals surface area (Å²) in [6, 6.07) is 18.7. The van der Waals surface area contributed by atoms with Gasteiger partial charge in [0, 0.05) is 18.6 Å². The fourth-order valence-electron chi connectivity index (χ4n) is 4.43. The average molecular weight is 324 g/mol. The summed E-state index contributed by atoms with van der Waals surface area (Å²) in [5.41, 5.74) is 2.17. The Balaban J connectivity index is 1.50. The van der Waals surface area contributed by atoms with Crippen molar-refractivity contribution in [3.8, 4) is 0 Å². The van der Waals surface area contributed by atoms with E-state index in [2.05, 4.69) is 40.5 Å². The number of rotatable bonds is 5. The molecule has 2 atom stereocenters. The Hall–Kier alpha value is -1.71. The molecule has 5 rings (SSSR count). The Morgan fingerprint density at radius 3 is 2.42 bits per heavy atom. The first kappa shape index (κ1) is 15.8. The number of benzene rings is 2. The fraction of sp³-hybridized carbons (Fsp3) is 0.429. The van der Waals surface area contributed by atoms with Crippen molar-refractivity contribution in [1.29, 1.82) is 0 Å². The molecule has 3 aliphatic rings. The summed E-state index contributed by atoms with van der Waals surface area (Å²) in [6.45, 7) is 3.21. The zero-order valence-electron chi connectivity index (χ0n) is 14.0. The fourth-order valence-corrected chi connectivity index (χ4v) is 4.43. The molecular weight excluding hydrogens is 299 g/mol. The Morgan fingerprint density at radius 1 is 0.958 bits per heavy atom.